The van der Waals surface area contributed by atoms with Crippen molar-refractivity contribution in [2.24, 2.45) is 0 Å². The highest BCUT2D eigenvalue weighted by Crippen LogP contribution is 2.15. The molecule has 0 aliphatic carbocycles. The highest BCUT2D eigenvalue weighted by molar-refractivity contribution is 5.94. The van der Waals surface area contributed by atoms with Crippen molar-refractivity contribution in [3.05, 3.63) is 71.3 Å². The van der Waals surface area contributed by atoms with Crippen LogP contribution in [0.4, 0.5) is 8.78 Å². The van der Waals surface area contributed by atoms with Crippen LogP contribution < -0.4 is 5.32 Å². The van der Waals surface area contributed by atoms with Gasteiger partial charge in [-0.15, -0.1) is 0 Å². The summed E-state index contributed by atoms with van der Waals surface area (Å²) < 4.78 is 26.6. The topological polar surface area (TPSA) is 32.3 Å². The normalized spacial score (nSPS) is 16.1. The maximum absolute atomic E-state index is 13.7. The first-order chi connectivity index (χ1) is 11.6. The molecule has 1 N–H and O–H groups in total. The van der Waals surface area contributed by atoms with E-state index < -0.39 is 17.5 Å². The number of carbonyl (C=O) groups is 1. The number of benzene rings is 2. The predicted octanol–water partition coefficient (Wildman–Crippen LogP) is 3.36. The number of nitrogens with zero attached hydrogens (tertiary/aromatic N) is 1. The van der Waals surface area contributed by atoms with E-state index in [1.807, 2.05) is 18.2 Å². The maximum atomic E-state index is 13.7. The van der Waals surface area contributed by atoms with E-state index in [-0.39, 0.29) is 11.6 Å². The highest BCUT2D eigenvalue weighted by atomic mass is 19.1. The first-order valence-corrected chi connectivity index (χ1v) is 8.14. The van der Waals surface area contributed by atoms with E-state index in [0.717, 1.165) is 44.6 Å². The number of piperidine rings is 1. The SMILES string of the molecule is O=C(NC1CCN(Cc2ccccc2)CC1)c1ccc(F)cc1F. The molecule has 1 saturated heterocycles. The molecule has 1 amide bonds. The molecule has 2 aromatic carbocycles. The van der Waals surface area contributed by atoms with Crippen molar-refractivity contribution in [1.82, 2.24) is 10.2 Å². The third-order valence-electron chi connectivity index (χ3n) is 4.35. The van der Waals surface area contributed by atoms with Gasteiger partial charge >= 0.3 is 0 Å². The lowest BCUT2D eigenvalue weighted by Gasteiger charge is -2.32. The van der Waals surface area contributed by atoms with E-state index in [1.54, 1.807) is 0 Å². The fourth-order valence-electron chi connectivity index (χ4n) is 3.01. The Hall–Kier alpha value is -2.27. The fourth-order valence-corrected chi connectivity index (χ4v) is 3.01. The van der Waals surface area contributed by atoms with Gasteiger partial charge in [0.2, 0.25) is 0 Å². The van der Waals surface area contributed by atoms with E-state index in [1.165, 1.54) is 11.6 Å². The molecule has 0 bridgehead atoms. The van der Waals surface area contributed by atoms with Gasteiger partial charge in [0, 0.05) is 31.7 Å². The first kappa shape index (κ1) is 16.6. The maximum Gasteiger partial charge on any atom is 0.254 e. The summed E-state index contributed by atoms with van der Waals surface area (Å²) in [7, 11) is 0. The number of nitrogens with one attached hydrogen (secondary N) is 1. The molecule has 1 heterocycles. The summed E-state index contributed by atoms with van der Waals surface area (Å²) in [5, 5.41) is 2.85. The fraction of sp³-hybridized carbons (Fsp3) is 0.316. The van der Waals surface area contributed by atoms with Gasteiger partial charge in [-0.05, 0) is 30.5 Å². The summed E-state index contributed by atoms with van der Waals surface area (Å²) in [6.45, 7) is 2.66. The molecule has 24 heavy (non-hydrogen) atoms. The largest absolute Gasteiger partial charge is 0.349 e. The van der Waals surface area contributed by atoms with Gasteiger partial charge in [-0.1, -0.05) is 30.3 Å². The van der Waals surface area contributed by atoms with Gasteiger partial charge in [-0.2, -0.15) is 0 Å². The van der Waals surface area contributed by atoms with Crippen LogP contribution in [0.1, 0.15) is 28.8 Å². The standard InChI is InChI=1S/C19H20F2N2O/c20-15-6-7-17(18(21)12-15)19(24)22-16-8-10-23(11-9-16)13-14-4-2-1-3-5-14/h1-7,12,16H,8-11,13H2,(H,22,24). The van der Waals surface area contributed by atoms with Crippen LogP contribution in [0.25, 0.3) is 0 Å². The molecule has 0 atom stereocenters. The zero-order valence-corrected chi connectivity index (χ0v) is 13.3. The Morgan fingerprint density at radius 1 is 1.08 bits per heavy atom. The molecule has 1 aliphatic rings. The number of hydrogen-bond donors (Lipinski definition) is 1. The summed E-state index contributed by atoms with van der Waals surface area (Å²) in [6, 6.07) is 13.3. The second-order valence-corrected chi connectivity index (χ2v) is 6.13. The van der Waals surface area contributed by atoms with Gasteiger partial charge in [0.15, 0.2) is 0 Å². The van der Waals surface area contributed by atoms with E-state index in [2.05, 4.69) is 22.3 Å². The average molecular weight is 330 g/mol. The molecule has 5 heteroatoms. The zero-order valence-electron chi connectivity index (χ0n) is 13.3. The number of carbonyl (C=O) groups excluding carboxylic acids is 1. The number of amides is 1. The molecule has 0 radical (unpaired) electrons. The molecule has 0 saturated carbocycles. The minimum atomic E-state index is -0.825. The quantitative estimate of drug-likeness (QED) is 0.932. The minimum Gasteiger partial charge on any atom is -0.349 e. The van der Waals surface area contributed by atoms with Crippen molar-refractivity contribution in [2.75, 3.05) is 13.1 Å². The predicted molar refractivity (Wildman–Crippen MR) is 88.6 cm³/mol. The Labute approximate surface area is 140 Å². The lowest BCUT2D eigenvalue weighted by Crippen LogP contribution is -2.44. The van der Waals surface area contributed by atoms with Crippen molar-refractivity contribution in [3.8, 4) is 0 Å². The molecule has 3 rings (SSSR count). The number of likely N-dealkylation sites (tertiary alicyclic amines) is 1. The molecule has 3 nitrogen and oxygen atoms in total. The van der Waals surface area contributed by atoms with Crippen molar-refractivity contribution >= 4 is 5.91 Å². The van der Waals surface area contributed by atoms with Crippen molar-refractivity contribution < 1.29 is 13.6 Å². The first-order valence-electron chi connectivity index (χ1n) is 8.14. The number of hydrogen-bond acceptors (Lipinski definition) is 2. The molecule has 1 aliphatic heterocycles. The van der Waals surface area contributed by atoms with Gasteiger partial charge in [-0.3, -0.25) is 9.69 Å². The number of rotatable bonds is 4. The highest BCUT2D eigenvalue weighted by Gasteiger charge is 2.22. The zero-order chi connectivity index (χ0) is 16.9. The summed E-state index contributed by atoms with van der Waals surface area (Å²) in [5.41, 5.74) is 1.16. The Kier molecular flexibility index (Phi) is 5.20. The smallest absolute Gasteiger partial charge is 0.254 e. The third kappa shape index (κ3) is 4.17. The molecular weight excluding hydrogens is 310 g/mol. The molecule has 126 valence electrons. The molecular formula is C19H20F2N2O. The van der Waals surface area contributed by atoms with Crippen LogP contribution in [0.5, 0.6) is 0 Å². The Morgan fingerprint density at radius 2 is 1.79 bits per heavy atom. The molecule has 0 unspecified atom stereocenters. The van der Waals surface area contributed by atoms with Gasteiger partial charge in [0.25, 0.3) is 5.91 Å². The molecule has 2 aromatic rings. The Bertz CT molecular complexity index is 698. The van der Waals surface area contributed by atoms with Crippen LogP contribution in [0.15, 0.2) is 48.5 Å². The summed E-state index contributed by atoms with van der Waals surface area (Å²) in [5.74, 6) is -1.98. The van der Waals surface area contributed by atoms with Gasteiger partial charge in [-0.25, -0.2) is 8.78 Å². The van der Waals surface area contributed by atoms with Crippen LogP contribution in [0.2, 0.25) is 0 Å². The van der Waals surface area contributed by atoms with Gasteiger partial charge < -0.3 is 5.32 Å². The van der Waals surface area contributed by atoms with E-state index in [4.69, 9.17) is 0 Å². The Balaban J connectivity index is 1.51. The summed E-state index contributed by atoms with van der Waals surface area (Å²) in [6.07, 6.45) is 1.64. The van der Waals surface area contributed by atoms with Crippen LogP contribution in [-0.4, -0.2) is 29.9 Å². The van der Waals surface area contributed by atoms with Crippen LogP contribution in [0.3, 0.4) is 0 Å². The molecule has 1 fully saturated rings. The van der Waals surface area contributed by atoms with E-state index >= 15 is 0 Å². The van der Waals surface area contributed by atoms with Crippen LogP contribution in [0, 0.1) is 11.6 Å². The number of halogens is 2. The van der Waals surface area contributed by atoms with Gasteiger partial charge in [0.1, 0.15) is 11.6 Å². The monoisotopic (exact) mass is 330 g/mol. The second-order valence-electron chi connectivity index (χ2n) is 6.13. The Morgan fingerprint density at radius 3 is 2.46 bits per heavy atom. The third-order valence-corrected chi connectivity index (χ3v) is 4.35. The lowest BCUT2D eigenvalue weighted by molar-refractivity contribution is 0.0905. The average Bonchev–Trinajstić information content (AvgIpc) is 2.57. The van der Waals surface area contributed by atoms with Crippen LogP contribution >= 0.6 is 0 Å². The van der Waals surface area contributed by atoms with Crippen molar-refractivity contribution in [1.29, 1.82) is 0 Å². The van der Waals surface area contributed by atoms with E-state index in [9.17, 15) is 13.6 Å². The van der Waals surface area contributed by atoms with Crippen molar-refractivity contribution in [2.45, 2.75) is 25.4 Å². The van der Waals surface area contributed by atoms with Gasteiger partial charge in [0.05, 0.1) is 5.56 Å². The lowest BCUT2D eigenvalue weighted by atomic mass is 10.0. The summed E-state index contributed by atoms with van der Waals surface area (Å²) in [4.78, 5) is 14.5. The van der Waals surface area contributed by atoms with Crippen LogP contribution in [-0.2, 0) is 6.54 Å². The molecule has 0 aromatic heterocycles. The van der Waals surface area contributed by atoms with Crippen molar-refractivity contribution in [3.63, 3.8) is 0 Å². The second kappa shape index (κ2) is 7.53. The minimum absolute atomic E-state index is 0.0222. The summed E-state index contributed by atoms with van der Waals surface area (Å²) >= 11 is 0. The van der Waals surface area contributed by atoms with E-state index in [0.29, 0.717) is 0 Å². The molecule has 0 spiro atoms.